The van der Waals surface area contributed by atoms with Gasteiger partial charge in [0, 0.05) is 16.1 Å². The maximum Gasteiger partial charge on any atom is 0.363 e. The van der Waals surface area contributed by atoms with Gasteiger partial charge in [0.1, 0.15) is 12.4 Å². The Hall–Kier alpha value is -3.89. The Morgan fingerprint density at radius 2 is 1.62 bits per heavy atom. The number of aliphatic imine (C=N–C) groups is 1. The Kier molecular flexibility index (Phi) is 5.44. The van der Waals surface area contributed by atoms with Gasteiger partial charge in [-0.15, -0.1) is 0 Å². The molecule has 0 amide bonds. The van der Waals surface area contributed by atoms with Crippen molar-refractivity contribution in [3.05, 3.63) is 118 Å². The molecule has 1 aliphatic heterocycles. The lowest BCUT2D eigenvalue weighted by Crippen LogP contribution is -2.05. The summed E-state index contributed by atoms with van der Waals surface area (Å²) >= 11 is 5.98. The first kappa shape index (κ1) is 20.0. The maximum atomic E-state index is 12.6. The van der Waals surface area contributed by atoms with Crippen LogP contribution in [0.4, 0.5) is 0 Å². The molecule has 0 unspecified atom stereocenters. The fourth-order valence-corrected chi connectivity index (χ4v) is 3.67. The van der Waals surface area contributed by atoms with Crippen LogP contribution in [0.5, 0.6) is 5.75 Å². The number of carbonyl (C=O) groups is 1. The lowest BCUT2D eigenvalue weighted by molar-refractivity contribution is -0.129. The number of nitrogens with zero attached hydrogens (tertiary/aromatic N) is 1. The van der Waals surface area contributed by atoms with Crippen LogP contribution < -0.4 is 4.74 Å². The minimum Gasteiger partial charge on any atom is -0.488 e. The summed E-state index contributed by atoms with van der Waals surface area (Å²) in [4.78, 5) is 17.0. The third kappa shape index (κ3) is 4.13. The number of cyclic esters (lactones) is 1. The molecule has 0 bridgehead atoms. The monoisotopic (exact) mass is 439 g/mol. The second-order valence-corrected chi connectivity index (χ2v) is 7.75. The molecule has 0 radical (unpaired) electrons. The summed E-state index contributed by atoms with van der Waals surface area (Å²) in [5.74, 6) is 0.466. The number of carbonyl (C=O) groups excluding carboxylic acids is 1. The van der Waals surface area contributed by atoms with Crippen LogP contribution >= 0.6 is 11.6 Å². The first-order valence-electron chi connectivity index (χ1n) is 10.1. The van der Waals surface area contributed by atoms with Gasteiger partial charge in [-0.05, 0) is 52.7 Å². The van der Waals surface area contributed by atoms with E-state index in [4.69, 9.17) is 21.1 Å². The highest BCUT2D eigenvalue weighted by Gasteiger charge is 2.25. The Morgan fingerprint density at radius 1 is 0.875 bits per heavy atom. The number of hydrogen-bond donors (Lipinski definition) is 0. The predicted octanol–water partition coefficient (Wildman–Crippen LogP) is 6.42. The Morgan fingerprint density at radius 3 is 2.44 bits per heavy atom. The molecule has 4 nitrogen and oxygen atoms in total. The molecule has 4 aromatic carbocycles. The molecule has 0 N–H and O–H groups in total. The van der Waals surface area contributed by atoms with Crippen molar-refractivity contribution in [2.24, 2.45) is 4.99 Å². The highest BCUT2D eigenvalue weighted by Crippen LogP contribution is 2.32. The third-order valence-corrected chi connectivity index (χ3v) is 5.41. The van der Waals surface area contributed by atoms with Crippen molar-refractivity contribution in [2.45, 2.75) is 6.61 Å². The molecule has 0 saturated carbocycles. The number of esters is 1. The molecule has 0 atom stereocenters. The lowest BCUT2D eigenvalue weighted by Gasteiger charge is -2.12. The highest BCUT2D eigenvalue weighted by molar-refractivity contribution is 6.30. The quantitative estimate of drug-likeness (QED) is 0.266. The minimum absolute atomic E-state index is 0.233. The van der Waals surface area contributed by atoms with Crippen LogP contribution in [0, 0.1) is 0 Å². The summed E-state index contributed by atoms with van der Waals surface area (Å²) in [5, 5.41) is 2.68. The van der Waals surface area contributed by atoms with E-state index in [0.29, 0.717) is 23.3 Å². The summed E-state index contributed by atoms with van der Waals surface area (Å²) in [6, 6.07) is 28.7. The van der Waals surface area contributed by atoms with Gasteiger partial charge in [-0.2, -0.15) is 0 Å². The summed E-state index contributed by atoms with van der Waals surface area (Å²) in [5.41, 5.74) is 2.76. The normalized spacial score (nSPS) is 14.5. The number of fused-ring (bicyclic) bond motifs is 1. The van der Waals surface area contributed by atoms with E-state index in [1.165, 1.54) is 0 Å². The van der Waals surface area contributed by atoms with Gasteiger partial charge in [-0.25, -0.2) is 9.79 Å². The van der Waals surface area contributed by atoms with E-state index in [2.05, 4.69) is 4.99 Å². The number of halogens is 1. The average Bonchev–Trinajstić information content (AvgIpc) is 3.20. The van der Waals surface area contributed by atoms with Crippen LogP contribution in [0.25, 0.3) is 16.8 Å². The van der Waals surface area contributed by atoms with E-state index in [1.807, 2.05) is 91.0 Å². The molecule has 32 heavy (non-hydrogen) atoms. The molecule has 5 rings (SSSR count). The van der Waals surface area contributed by atoms with E-state index in [9.17, 15) is 4.79 Å². The first-order valence-corrected chi connectivity index (χ1v) is 10.5. The van der Waals surface area contributed by atoms with Gasteiger partial charge in [0.05, 0.1) is 0 Å². The van der Waals surface area contributed by atoms with Crippen molar-refractivity contribution in [2.75, 3.05) is 0 Å². The fraction of sp³-hybridized carbons (Fsp3) is 0.0370. The van der Waals surface area contributed by atoms with Gasteiger partial charge in [-0.1, -0.05) is 72.3 Å². The van der Waals surface area contributed by atoms with Crippen LogP contribution in [-0.4, -0.2) is 11.9 Å². The molecule has 0 spiro atoms. The van der Waals surface area contributed by atoms with Crippen molar-refractivity contribution in [1.82, 2.24) is 0 Å². The van der Waals surface area contributed by atoms with Crippen LogP contribution in [0.2, 0.25) is 5.02 Å². The molecule has 1 aliphatic rings. The van der Waals surface area contributed by atoms with Crippen molar-refractivity contribution >= 4 is 40.3 Å². The van der Waals surface area contributed by atoms with E-state index in [-0.39, 0.29) is 5.70 Å². The average molecular weight is 440 g/mol. The lowest BCUT2D eigenvalue weighted by atomic mass is 10.0. The Balaban J connectivity index is 1.54. The zero-order valence-corrected chi connectivity index (χ0v) is 17.8. The predicted molar refractivity (Wildman–Crippen MR) is 127 cm³/mol. The summed E-state index contributed by atoms with van der Waals surface area (Å²) in [6.45, 7) is 0.370. The number of hydrogen-bond acceptors (Lipinski definition) is 4. The summed E-state index contributed by atoms with van der Waals surface area (Å²) in [6.07, 6.45) is 1.73. The van der Waals surface area contributed by atoms with Gasteiger partial charge in [-0.3, -0.25) is 0 Å². The summed E-state index contributed by atoms with van der Waals surface area (Å²) < 4.78 is 11.6. The topological polar surface area (TPSA) is 47.9 Å². The third-order valence-electron chi connectivity index (χ3n) is 5.16. The zero-order valence-electron chi connectivity index (χ0n) is 17.0. The van der Waals surface area contributed by atoms with Gasteiger partial charge in [0.15, 0.2) is 5.70 Å². The van der Waals surface area contributed by atoms with E-state index >= 15 is 0 Å². The van der Waals surface area contributed by atoms with E-state index in [1.54, 1.807) is 6.08 Å². The molecular formula is C27H18ClNO3. The minimum atomic E-state index is -0.486. The Labute approximate surface area is 190 Å². The van der Waals surface area contributed by atoms with Crippen LogP contribution in [-0.2, 0) is 16.1 Å². The second kappa shape index (κ2) is 8.69. The van der Waals surface area contributed by atoms with E-state index in [0.717, 1.165) is 27.5 Å². The molecule has 5 heteroatoms. The van der Waals surface area contributed by atoms with Crippen molar-refractivity contribution < 1.29 is 14.3 Å². The number of benzene rings is 4. The van der Waals surface area contributed by atoms with Gasteiger partial charge in [0.2, 0.25) is 5.90 Å². The molecule has 4 aromatic rings. The molecular weight excluding hydrogens is 422 g/mol. The molecule has 0 saturated heterocycles. The number of ether oxygens (including phenoxy) is 2. The maximum absolute atomic E-state index is 12.6. The SMILES string of the molecule is O=C1OC(c2ccccc2)=N/C1=C\c1c(OCc2ccc(Cl)cc2)ccc2ccccc12. The van der Waals surface area contributed by atoms with Crippen molar-refractivity contribution in [3.8, 4) is 5.75 Å². The van der Waals surface area contributed by atoms with Crippen molar-refractivity contribution in [3.63, 3.8) is 0 Å². The second-order valence-electron chi connectivity index (χ2n) is 7.32. The molecule has 156 valence electrons. The first-order chi connectivity index (χ1) is 15.7. The molecule has 0 aliphatic carbocycles. The van der Waals surface area contributed by atoms with Crippen LogP contribution in [0.1, 0.15) is 16.7 Å². The number of rotatable bonds is 5. The summed E-state index contributed by atoms with van der Waals surface area (Å²) in [7, 11) is 0. The van der Waals surface area contributed by atoms with Gasteiger partial charge < -0.3 is 9.47 Å². The van der Waals surface area contributed by atoms with Crippen LogP contribution in [0.3, 0.4) is 0 Å². The van der Waals surface area contributed by atoms with Gasteiger partial charge in [0.25, 0.3) is 0 Å². The largest absolute Gasteiger partial charge is 0.488 e. The Bertz CT molecular complexity index is 1360. The van der Waals surface area contributed by atoms with Gasteiger partial charge >= 0.3 is 5.97 Å². The van der Waals surface area contributed by atoms with E-state index < -0.39 is 5.97 Å². The zero-order chi connectivity index (χ0) is 21.9. The van der Waals surface area contributed by atoms with Crippen LogP contribution in [0.15, 0.2) is 102 Å². The fourth-order valence-electron chi connectivity index (χ4n) is 3.54. The smallest absolute Gasteiger partial charge is 0.363 e. The molecule has 0 fully saturated rings. The molecule has 0 aromatic heterocycles. The highest BCUT2D eigenvalue weighted by atomic mass is 35.5. The standard InChI is InChI=1S/C27H18ClNO3/c28-21-13-10-18(11-14-21)17-31-25-15-12-19-6-4-5-9-22(19)23(25)16-24-27(30)32-26(29-24)20-7-2-1-3-8-20/h1-16H,17H2/b24-16-. The molecule has 1 heterocycles. The van der Waals surface area contributed by atoms with Crippen molar-refractivity contribution in [1.29, 1.82) is 0 Å².